The Morgan fingerprint density at radius 3 is 2.37 bits per heavy atom. The molecular weight excluding hydrogens is 1100 g/mol. The molecule has 2 amide bonds. The molecule has 1 saturated heterocycles. The van der Waals surface area contributed by atoms with Gasteiger partial charge in [-0.25, -0.2) is 28.6 Å². The first-order valence-electron chi connectivity index (χ1n) is 26.5. The summed E-state index contributed by atoms with van der Waals surface area (Å²) < 4.78 is 62.8. The van der Waals surface area contributed by atoms with Gasteiger partial charge in [0.1, 0.15) is 36.3 Å². The molecule has 0 radical (unpaired) electrons. The molecule has 17 atom stereocenters. The average molecular weight is 1180 g/mol. The molecule has 30 heteroatoms. The lowest BCUT2D eigenvalue weighted by atomic mass is 9.43. The lowest BCUT2D eigenvalue weighted by Crippen LogP contribution is -2.58. The third-order valence-electron chi connectivity index (χ3n) is 17.5. The van der Waals surface area contributed by atoms with E-state index in [2.05, 4.69) is 55.2 Å². The first-order chi connectivity index (χ1) is 36.4. The fourth-order valence-electron chi connectivity index (χ4n) is 13.4. The van der Waals surface area contributed by atoms with Gasteiger partial charge in [0.25, 0.3) is 0 Å². The maximum Gasteiger partial charge on any atom is 0.481 e. The van der Waals surface area contributed by atoms with Crippen molar-refractivity contribution in [2.75, 3.05) is 37.8 Å². The number of nitrogens with zero attached hydrogens (tertiary/aromatic N) is 4. The monoisotopic (exact) mass is 1180 g/mol. The molecule has 3 heterocycles. The van der Waals surface area contributed by atoms with E-state index in [0.29, 0.717) is 46.8 Å². The average Bonchev–Trinajstić information content (AvgIpc) is 4.21. The number of aliphatic hydroxyl groups is 4. The second kappa shape index (κ2) is 25.0. The van der Waals surface area contributed by atoms with E-state index in [4.69, 9.17) is 19.5 Å². The molecule has 0 bridgehead atoms. The van der Waals surface area contributed by atoms with Crippen molar-refractivity contribution in [1.29, 1.82) is 0 Å². The smallest absolute Gasteiger partial charge is 0.393 e. The van der Waals surface area contributed by atoms with Crippen LogP contribution in [0, 0.1) is 51.8 Å². The van der Waals surface area contributed by atoms with Gasteiger partial charge in [0, 0.05) is 30.7 Å². The number of allylic oxidation sites excluding steroid dienone is 1. The third kappa shape index (κ3) is 14.5. The van der Waals surface area contributed by atoms with Crippen LogP contribution in [0.4, 0.5) is 5.82 Å². The van der Waals surface area contributed by atoms with Gasteiger partial charge >= 0.3 is 23.5 Å². The summed E-state index contributed by atoms with van der Waals surface area (Å²) in [7, 11) is -16.5. The first-order valence-corrected chi connectivity index (χ1v) is 32.0. The number of anilines is 1. The van der Waals surface area contributed by atoms with E-state index in [9.17, 15) is 68.1 Å². The maximum atomic E-state index is 13.0. The van der Waals surface area contributed by atoms with E-state index in [0.717, 1.165) is 86.8 Å². The number of hydrogen-bond donors (Lipinski definition) is 11. The Hall–Kier alpha value is -2.78. The Balaban J connectivity index is 0.775. The van der Waals surface area contributed by atoms with Gasteiger partial charge in [0.15, 0.2) is 17.7 Å². The second-order valence-corrected chi connectivity index (χ2v) is 28.4. The van der Waals surface area contributed by atoms with E-state index >= 15 is 0 Å². The molecule has 440 valence electrons. The van der Waals surface area contributed by atoms with Gasteiger partial charge in [-0.2, -0.15) is 4.31 Å². The molecule has 2 aromatic heterocycles. The number of amides is 2. The molecule has 9 unspecified atom stereocenters. The largest absolute Gasteiger partial charge is 0.481 e. The Morgan fingerprint density at radius 1 is 0.962 bits per heavy atom. The minimum absolute atomic E-state index is 0.0280. The number of thioether (sulfide) groups is 1. The van der Waals surface area contributed by atoms with Crippen LogP contribution in [0.25, 0.3) is 11.2 Å². The number of rotatable bonds is 24. The van der Waals surface area contributed by atoms with Gasteiger partial charge in [-0.05, 0) is 123 Å². The van der Waals surface area contributed by atoms with E-state index in [1.54, 1.807) is 6.92 Å². The number of hydrogen-bond acceptors (Lipinski definition) is 20. The summed E-state index contributed by atoms with van der Waals surface area (Å²) in [5.41, 5.74) is 5.28. The minimum atomic E-state index is -5.60. The van der Waals surface area contributed by atoms with Gasteiger partial charge in [-0.3, -0.25) is 32.5 Å². The summed E-state index contributed by atoms with van der Waals surface area (Å²) in [4.78, 5) is 89.8. The molecule has 1 aliphatic heterocycles. The number of carbonyl (C=O) groups is 3. The van der Waals surface area contributed by atoms with Crippen molar-refractivity contribution in [3.8, 4) is 0 Å². The first kappa shape index (κ1) is 62.8. The Bertz CT molecular complexity index is 2660. The number of carbonyl (C=O) groups excluding carboxylic acids is 3. The summed E-state index contributed by atoms with van der Waals surface area (Å²) >= 11 is 1.09. The lowest BCUT2D eigenvalue weighted by molar-refractivity contribution is -0.174. The summed E-state index contributed by atoms with van der Waals surface area (Å²) in [6.45, 7) is 9.48. The Labute approximate surface area is 457 Å². The zero-order chi connectivity index (χ0) is 57.3. The number of phosphoric acid groups is 3. The quantitative estimate of drug-likeness (QED) is 0.0402. The van der Waals surface area contributed by atoms with E-state index in [-0.39, 0.29) is 64.6 Å². The summed E-state index contributed by atoms with van der Waals surface area (Å²) in [6, 6.07) is 0. The third-order valence-corrected chi connectivity index (χ3v) is 21.6. The molecule has 12 N–H and O–H groups in total. The molecule has 4 saturated carbocycles. The molecule has 78 heavy (non-hydrogen) atoms. The highest BCUT2D eigenvalue weighted by molar-refractivity contribution is 8.14. The van der Waals surface area contributed by atoms with Crippen molar-refractivity contribution in [1.82, 2.24) is 30.2 Å². The van der Waals surface area contributed by atoms with Crippen molar-refractivity contribution in [2.24, 2.45) is 51.8 Å². The number of aromatic nitrogens is 4. The van der Waals surface area contributed by atoms with Crippen LogP contribution < -0.4 is 16.4 Å². The highest BCUT2D eigenvalue weighted by atomic mass is 32.2. The molecule has 0 aromatic carbocycles. The van der Waals surface area contributed by atoms with Gasteiger partial charge in [-0.1, -0.05) is 52.5 Å². The Morgan fingerprint density at radius 2 is 1.65 bits per heavy atom. The van der Waals surface area contributed by atoms with Crippen LogP contribution in [-0.2, 0) is 50.7 Å². The number of aliphatic hydroxyl groups excluding tert-OH is 4. The summed E-state index contributed by atoms with van der Waals surface area (Å²) in [5, 5.41) is 48.7. The predicted molar refractivity (Wildman–Crippen MR) is 282 cm³/mol. The topological polar surface area (TPSA) is 404 Å². The van der Waals surface area contributed by atoms with E-state index in [1.165, 1.54) is 20.3 Å². The van der Waals surface area contributed by atoms with Crippen LogP contribution in [0.5, 0.6) is 0 Å². The SMILES string of the molecule is C/C(=C\CCC(C)C1CCC2C3C(O)C[C@@H]4C[C@H](O)CC[C@]4(C)C3CC[C@]12C)C(=O)SCCNC(=O)CCNC(=O)C(O)C(C)(C)COP(=O)(O)OP(=O)(O)OC[C@H]1O[C@@H](n2cnc3c(N)ncnc32)[C@H](O)[C@@H]1OP(=O)(O)O. The molecular formula is C48H78N7O19P3S. The van der Waals surface area contributed by atoms with Gasteiger partial charge in [0.2, 0.25) is 16.9 Å². The molecule has 4 aliphatic carbocycles. The van der Waals surface area contributed by atoms with Crippen molar-refractivity contribution in [3.63, 3.8) is 0 Å². The number of nitrogens with two attached hydrogens (primary N) is 1. The van der Waals surface area contributed by atoms with Crippen molar-refractivity contribution in [3.05, 3.63) is 24.3 Å². The zero-order valence-electron chi connectivity index (χ0n) is 44.7. The summed E-state index contributed by atoms with van der Waals surface area (Å²) in [6.07, 6.45) is 4.28. The molecule has 7 rings (SSSR count). The lowest BCUT2D eigenvalue weighted by Gasteiger charge is -2.62. The number of nitrogens with one attached hydrogen (secondary N) is 2. The summed E-state index contributed by atoms with van der Waals surface area (Å²) in [5.74, 6) is 1.56. The van der Waals surface area contributed by atoms with Crippen LogP contribution >= 0.6 is 35.2 Å². The Kier molecular flexibility index (Phi) is 20.1. The number of imidazole rings is 1. The van der Waals surface area contributed by atoms with Crippen LogP contribution in [0.3, 0.4) is 0 Å². The van der Waals surface area contributed by atoms with Gasteiger partial charge in [0.05, 0.1) is 31.7 Å². The normalized spacial score (nSPS) is 33.7. The molecule has 2 aromatic rings. The van der Waals surface area contributed by atoms with Crippen molar-refractivity contribution >= 4 is 69.1 Å². The van der Waals surface area contributed by atoms with E-state index in [1.807, 2.05) is 6.08 Å². The van der Waals surface area contributed by atoms with Crippen LogP contribution in [-0.4, -0.2) is 145 Å². The number of phosphoric ester groups is 3. The molecule has 5 fully saturated rings. The predicted octanol–water partition coefficient (Wildman–Crippen LogP) is 4.02. The number of fused-ring (bicyclic) bond motifs is 6. The van der Waals surface area contributed by atoms with E-state index < -0.39 is 84.6 Å². The highest BCUT2D eigenvalue weighted by Crippen LogP contribution is 2.68. The molecule has 5 aliphatic rings. The van der Waals surface area contributed by atoms with Gasteiger partial charge in [-0.15, -0.1) is 0 Å². The van der Waals surface area contributed by atoms with Crippen LogP contribution in [0.2, 0.25) is 0 Å². The van der Waals surface area contributed by atoms with Crippen LogP contribution in [0.1, 0.15) is 118 Å². The number of nitrogen functional groups attached to an aromatic ring is 1. The maximum absolute atomic E-state index is 13.0. The molecule has 0 spiro atoms. The fourth-order valence-corrected chi connectivity index (χ4v) is 16.9. The number of ether oxygens (including phenoxy) is 1. The van der Waals surface area contributed by atoms with Gasteiger partial charge < -0.3 is 61.1 Å². The van der Waals surface area contributed by atoms with Crippen molar-refractivity contribution in [2.45, 2.75) is 155 Å². The minimum Gasteiger partial charge on any atom is -0.393 e. The zero-order valence-corrected chi connectivity index (χ0v) is 48.2. The molecule has 26 nitrogen and oxygen atoms in total. The highest BCUT2D eigenvalue weighted by Gasteiger charge is 2.63. The standard InChI is InChI=1S/C48H78N7O19P3S/c1-26(30-10-11-31-36-32(13-16-48(30,31)6)47(5)15-12-29(56)20-28(47)21-33(36)57)8-7-9-27(2)45(62)78-19-18-50-35(58)14-17-51-43(61)40(60)46(3,4)23-71-77(68,69)74-76(66,67)70-22-34-39(73-75(63,64)65)38(59)44(72-34)55-25-54-37-41(49)52-24-53-42(37)55/h9,24-26,28-34,36,38-40,44,56-57,59-60H,7-8,10-23H2,1-6H3,(H,50,58)(H,51,61)(H,66,67)(H,68,69)(H2,49,52,53)(H2,63,64,65)/b27-9+/t26?,28-,29+,30?,31?,32?,33?,34+,36?,38+,39+,40?,44+,47-,48+/m0/s1. The van der Waals surface area contributed by atoms with Crippen LogP contribution in [0.15, 0.2) is 24.3 Å². The second-order valence-electron chi connectivity index (χ2n) is 23.1. The fraction of sp³-hybridized carbons (Fsp3) is 0.792. The van der Waals surface area contributed by atoms with Crippen molar-refractivity contribution < 1.29 is 90.7 Å².